The fourth-order valence-corrected chi connectivity index (χ4v) is 2.41. The predicted octanol–water partition coefficient (Wildman–Crippen LogP) is 3.90. The molecule has 1 unspecified atom stereocenters. The van der Waals surface area contributed by atoms with Crippen LogP contribution in [-0.2, 0) is 6.42 Å². The van der Waals surface area contributed by atoms with Gasteiger partial charge in [-0.3, -0.25) is 0 Å². The molecule has 0 aliphatic carbocycles. The maximum atomic E-state index is 13.3. The molecule has 1 atom stereocenters. The van der Waals surface area contributed by atoms with Crippen molar-refractivity contribution < 1.29 is 4.39 Å². The normalized spacial score (nSPS) is 13.1. The van der Waals surface area contributed by atoms with E-state index in [1.165, 1.54) is 6.07 Å². The monoisotopic (exact) mass is 257 g/mol. The lowest BCUT2D eigenvalue weighted by atomic mass is 9.91. The highest BCUT2D eigenvalue weighted by Crippen LogP contribution is 2.24. The van der Waals surface area contributed by atoms with E-state index in [1.807, 2.05) is 13.1 Å². The van der Waals surface area contributed by atoms with Crippen LogP contribution in [0, 0.1) is 17.7 Å². The summed E-state index contributed by atoms with van der Waals surface area (Å²) in [5, 5.41) is 3.47. The molecular formula is C14H21ClFN. The smallest absolute Gasteiger partial charge is 0.142 e. The molecule has 1 nitrogen and oxygen atoms in total. The van der Waals surface area contributed by atoms with Crippen molar-refractivity contribution in [2.24, 2.45) is 11.8 Å². The minimum atomic E-state index is -0.322. The van der Waals surface area contributed by atoms with Gasteiger partial charge >= 0.3 is 0 Å². The largest absolute Gasteiger partial charge is 0.319 e. The Kier molecular flexibility index (Phi) is 5.93. The topological polar surface area (TPSA) is 12.0 Å². The first-order valence-corrected chi connectivity index (χ1v) is 6.49. The molecule has 0 spiro atoms. The molecule has 0 aromatic heterocycles. The summed E-state index contributed by atoms with van der Waals surface area (Å²) in [6.45, 7) is 5.34. The van der Waals surface area contributed by atoms with Gasteiger partial charge in [-0.25, -0.2) is 4.39 Å². The average Bonchev–Trinajstić information content (AvgIpc) is 2.24. The van der Waals surface area contributed by atoms with Crippen LogP contribution in [0.5, 0.6) is 0 Å². The Bertz CT molecular complexity index is 352. The first kappa shape index (κ1) is 14.5. The molecule has 0 saturated carbocycles. The van der Waals surface area contributed by atoms with E-state index in [0.29, 0.717) is 11.8 Å². The molecule has 1 aromatic carbocycles. The van der Waals surface area contributed by atoms with Crippen LogP contribution in [0.15, 0.2) is 18.2 Å². The van der Waals surface area contributed by atoms with Crippen LogP contribution >= 0.6 is 11.6 Å². The van der Waals surface area contributed by atoms with Crippen molar-refractivity contribution >= 4 is 11.6 Å². The highest BCUT2D eigenvalue weighted by molar-refractivity contribution is 6.31. The number of halogens is 2. The Labute approximate surface area is 108 Å². The first-order valence-electron chi connectivity index (χ1n) is 6.12. The molecule has 0 aliphatic heterocycles. The van der Waals surface area contributed by atoms with Crippen LogP contribution in [-0.4, -0.2) is 13.6 Å². The fourth-order valence-electron chi connectivity index (χ4n) is 2.21. The van der Waals surface area contributed by atoms with Gasteiger partial charge in [0.25, 0.3) is 0 Å². The van der Waals surface area contributed by atoms with Crippen LogP contribution in [0.1, 0.15) is 25.8 Å². The average molecular weight is 258 g/mol. The number of benzene rings is 1. The second-order valence-corrected chi connectivity index (χ2v) is 5.35. The molecule has 17 heavy (non-hydrogen) atoms. The Morgan fingerprint density at radius 1 is 1.35 bits per heavy atom. The third-order valence-electron chi connectivity index (χ3n) is 2.84. The summed E-state index contributed by atoms with van der Waals surface area (Å²) in [6, 6.07) is 5.04. The molecule has 1 N–H and O–H groups in total. The van der Waals surface area contributed by atoms with E-state index in [9.17, 15) is 4.39 Å². The molecule has 1 aromatic rings. The zero-order chi connectivity index (χ0) is 12.8. The molecule has 3 heteroatoms. The van der Waals surface area contributed by atoms with E-state index in [1.54, 1.807) is 6.07 Å². The maximum Gasteiger partial charge on any atom is 0.142 e. The lowest BCUT2D eigenvalue weighted by molar-refractivity contribution is 0.395. The van der Waals surface area contributed by atoms with Gasteiger partial charge in [-0.2, -0.15) is 0 Å². The van der Waals surface area contributed by atoms with Crippen molar-refractivity contribution in [2.45, 2.75) is 26.7 Å². The zero-order valence-electron chi connectivity index (χ0n) is 10.8. The van der Waals surface area contributed by atoms with E-state index < -0.39 is 0 Å². The summed E-state index contributed by atoms with van der Waals surface area (Å²) in [5.41, 5.74) is 0.910. The van der Waals surface area contributed by atoms with Crippen molar-refractivity contribution in [3.63, 3.8) is 0 Å². The Morgan fingerprint density at radius 3 is 2.65 bits per heavy atom. The molecule has 0 saturated heterocycles. The van der Waals surface area contributed by atoms with Crippen LogP contribution in [0.2, 0.25) is 5.02 Å². The van der Waals surface area contributed by atoms with Gasteiger partial charge in [-0.05, 0) is 49.9 Å². The third kappa shape index (κ3) is 4.64. The molecule has 0 amide bonds. The highest BCUT2D eigenvalue weighted by Gasteiger charge is 2.14. The van der Waals surface area contributed by atoms with Crippen LogP contribution in [0.3, 0.4) is 0 Å². The molecule has 0 radical (unpaired) electrons. The summed E-state index contributed by atoms with van der Waals surface area (Å²) >= 11 is 5.98. The zero-order valence-corrected chi connectivity index (χ0v) is 11.5. The van der Waals surface area contributed by atoms with Crippen molar-refractivity contribution in [3.05, 3.63) is 34.6 Å². The van der Waals surface area contributed by atoms with Crippen molar-refractivity contribution in [3.8, 4) is 0 Å². The summed E-state index contributed by atoms with van der Waals surface area (Å²) in [7, 11) is 1.94. The molecule has 0 aliphatic rings. The maximum absolute atomic E-state index is 13.3. The van der Waals surface area contributed by atoms with Gasteiger partial charge < -0.3 is 5.32 Å². The molecule has 0 fully saturated rings. The standard InChI is InChI=1S/C14H21ClFN/c1-10(2)7-11(9-17-3)8-12-5-4-6-13(16)14(12)15/h4-6,10-11,17H,7-9H2,1-3H3. The summed E-state index contributed by atoms with van der Waals surface area (Å²) < 4.78 is 13.3. The SMILES string of the molecule is CNCC(Cc1cccc(F)c1Cl)CC(C)C. The summed E-state index contributed by atoms with van der Waals surface area (Å²) in [6.07, 6.45) is 1.95. The number of nitrogens with one attached hydrogen (secondary N) is 1. The van der Waals surface area contributed by atoms with E-state index in [4.69, 9.17) is 11.6 Å². The van der Waals surface area contributed by atoms with Gasteiger partial charge in [-0.1, -0.05) is 37.6 Å². The van der Waals surface area contributed by atoms with Crippen LogP contribution in [0.25, 0.3) is 0 Å². The molecular weight excluding hydrogens is 237 g/mol. The van der Waals surface area contributed by atoms with Gasteiger partial charge in [0.05, 0.1) is 5.02 Å². The van der Waals surface area contributed by atoms with E-state index in [-0.39, 0.29) is 10.8 Å². The van der Waals surface area contributed by atoms with E-state index in [0.717, 1.165) is 24.9 Å². The lowest BCUT2D eigenvalue weighted by Crippen LogP contribution is -2.22. The van der Waals surface area contributed by atoms with Crippen molar-refractivity contribution in [2.75, 3.05) is 13.6 Å². The van der Waals surface area contributed by atoms with E-state index in [2.05, 4.69) is 19.2 Å². The van der Waals surface area contributed by atoms with Gasteiger partial charge in [0.1, 0.15) is 5.82 Å². The Morgan fingerprint density at radius 2 is 2.06 bits per heavy atom. The van der Waals surface area contributed by atoms with Gasteiger partial charge in [0, 0.05) is 0 Å². The van der Waals surface area contributed by atoms with Gasteiger partial charge in [0.2, 0.25) is 0 Å². The molecule has 1 rings (SSSR count). The third-order valence-corrected chi connectivity index (χ3v) is 3.26. The van der Waals surface area contributed by atoms with Gasteiger partial charge in [-0.15, -0.1) is 0 Å². The molecule has 96 valence electrons. The Hall–Kier alpha value is -0.600. The minimum absolute atomic E-state index is 0.275. The quantitative estimate of drug-likeness (QED) is 0.815. The first-order chi connectivity index (χ1) is 8.04. The van der Waals surface area contributed by atoms with Crippen molar-refractivity contribution in [1.29, 1.82) is 0 Å². The predicted molar refractivity (Wildman–Crippen MR) is 72.0 cm³/mol. The number of hydrogen-bond acceptors (Lipinski definition) is 1. The van der Waals surface area contributed by atoms with Gasteiger partial charge in [0.15, 0.2) is 0 Å². The van der Waals surface area contributed by atoms with Crippen molar-refractivity contribution in [1.82, 2.24) is 5.32 Å². The lowest BCUT2D eigenvalue weighted by Gasteiger charge is -2.19. The van der Waals surface area contributed by atoms with Crippen LogP contribution < -0.4 is 5.32 Å². The van der Waals surface area contributed by atoms with Crippen LogP contribution in [0.4, 0.5) is 4.39 Å². The second kappa shape index (κ2) is 6.97. The summed E-state index contributed by atoms with van der Waals surface area (Å²) in [4.78, 5) is 0. The minimum Gasteiger partial charge on any atom is -0.319 e. The molecule has 0 heterocycles. The molecule has 0 bridgehead atoms. The number of hydrogen-bond donors (Lipinski definition) is 1. The second-order valence-electron chi connectivity index (χ2n) is 4.97. The Balaban J connectivity index is 2.74. The summed E-state index contributed by atoms with van der Waals surface area (Å²) in [5.74, 6) is 0.817. The fraction of sp³-hybridized carbons (Fsp3) is 0.571. The highest BCUT2D eigenvalue weighted by atomic mass is 35.5. The van der Waals surface area contributed by atoms with E-state index >= 15 is 0 Å². The number of rotatable bonds is 6.